The van der Waals surface area contributed by atoms with Gasteiger partial charge in [0.15, 0.2) is 0 Å². The number of nitrogens with zero attached hydrogens (tertiary/aromatic N) is 4. The van der Waals surface area contributed by atoms with Crippen molar-refractivity contribution in [3.63, 3.8) is 0 Å². The molecule has 0 saturated heterocycles. The number of aryl methyl sites for hydroxylation is 3. The van der Waals surface area contributed by atoms with E-state index >= 15 is 0 Å². The quantitative estimate of drug-likeness (QED) is 0.786. The van der Waals surface area contributed by atoms with Crippen molar-refractivity contribution in [2.75, 3.05) is 6.61 Å². The van der Waals surface area contributed by atoms with Crippen molar-refractivity contribution in [1.29, 1.82) is 0 Å². The molecule has 0 saturated carbocycles. The summed E-state index contributed by atoms with van der Waals surface area (Å²) in [6, 6.07) is 0. The summed E-state index contributed by atoms with van der Waals surface area (Å²) >= 11 is 0. The molecular formula is C11H17N5O. The van der Waals surface area contributed by atoms with Gasteiger partial charge in [-0.3, -0.25) is 5.10 Å². The van der Waals surface area contributed by atoms with Crippen LogP contribution in [0.15, 0.2) is 6.33 Å². The first-order chi connectivity index (χ1) is 8.22. The van der Waals surface area contributed by atoms with Gasteiger partial charge in [0.25, 0.3) is 0 Å². The fraction of sp³-hybridized carbons (Fsp3) is 0.545. The molecule has 0 unspecified atom stereocenters. The predicted molar refractivity (Wildman–Crippen MR) is 62.6 cm³/mol. The van der Waals surface area contributed by atoms with Crippen LogP contribution in [-0.4, -0.2) is 36.7 Å². The van der Waals surface area contributed by atoms with Crippen LogP contribution < -0.4 is 0 Å². The van der Waals surface area contributed by atoms with E-state index in [-0.39, 0.29) is 6.61 Å². The fourth-order valence-electron chi connectivity index (χ4n) is 1.77. The number of aliphatic hydroxyl groups excluding tert-OH is 1. The molecule has 0 aliphatic carbocycles. The molecular weight excluding hydrogens is 218 g/mol. The van der Waals surface area contributed by atoms with E-state index in [2.05, 4.69) is 27.2 Å². The topological polar surface area (TPSA) is 79.6 Å². The van der Waals surface area contributed by atoms with Gasteiger partial charge in [0.05, 0.1) is 18.8 Å². The minimum Gasteiger partial charge on any atom is -0.394 e. The third kappa shape index (κ3) is 2.52. The lowest BCUT2D eigenvalue weighted by molar-refractivity contribution is 0.267. The molecule has 6 heteroatoms. The van der Waals surface area contributed by atoms with Crippen molar-refractivity contribution in [3.8, 4) is 0 Å². The molecule has 0 bridgehead atoms. The molecule has 2 aromatic heterocycles. The minimum atomic E-state index is 0.0803. The van der Waals surface area contributed by atoms with E-state index < -0.39 is 0 Å². The molecule has 0 spiro atoms. The summed E-state index contributed by atoms with van der Waals surface area (Å²) in [5, 5.41) is 20.2. The van der Waals surface area contributed by atoms with Crippen LogP contribution in [0, 0.1) is 13.8 Å². The number of hydrogen-bond donors (Lipinski definition) is 2. The van der Waals surface area contributed by atoms with Gasteiger partial charge in [0, 0.05) is 12.1 Å². The average molecular weight is 235 g/mol. The van der Waals surface area contributed by atoms with Crippen LogP contribution >= 0.6 is 0 Å². The summed E-state index contributed by atoms with van der Waals surface area (Å²) in [6.45, 7) is 4.65. The summed E-state index contributed by atoms with van der Waals surface area (Å²) < 4.78 is 1.73. The fourth-order valence-corrected chi connectivity index (χ4v) is 1.77. The Kier molecular flexibility index (Phi) is 3.53. The van der Waals surface area contributed by atoms with Gasteiger partial charge in [0.1, 0.15) is 12.2 Å². The smallest absolute Gasteiger partial charge is 0.138 e. The standard InChI is InChI=1S/C11H17N5O/c1-8-9(2)14-15-10(8)3-4-11-12-7-13-16(11)5-6-17/h7,17H,3-6H2,1-2H3,(H,14,15). The lowest BCUT2D eigenvalue weighted by atomic mass is 10.1. The van der Waals surface area contributed by atoms with Crippen molar-refractivity contribution < 1.29 is 5.11 Å². The highest BCUT2D eigenvalue weighted by molar-refractivity contribution is 5.22. The van der Waals surface area contributed by atoms with Crippen LogP contribution in [-0.2, 0) is 19.4 Å². The Labute approximate surface area is 99.7 Å². The van der Waals surface area contributed by atoms with Crippen LogP contribution in [0.5, 0.6) is 0 Å². The van der Waals surface area contributed by atoms with E-state index in [1.807, 2.05) is 6.92 Å². The number of nitrogens with one attached hydrogen (secondary N) is 1. The first-order valence-corrected chi connectivity index (χ1v) is 5.70. The Morgan fingerprint density at radius 3 is 2.82 bits per heavy atom. The zero-order valence-corrected chi connectivity index (χ0v) is 10.1. The zero-order valence-electron chi connectivity index (χ0n) is 10.1. The summed E-state index contributed by atoms with van der Waals surface area (Å²) in [7, 11) is 0. The molecule has 2 N–H and O–H groups in total. The number of hydrogen-bond acceptors (Lipinski definition) is 4. The van der Waals surface area contributed by atoms with Gasteiger partial charge in [-0.05, 0) is 25.8 Å². The molecule has 92 valence electrons. The van der Waals surface area contributed by atoms with E-state index in [1.165, 1.54) is 11.9 Å². The maximum atomic E-state index is 8.89. The predicted octanol–water partition coefficient (Wildman–Crippen LogP) is 0.396. The largest absolute Gasteiger partial charge is 0.394 e. The SMILES string of the molecule is Cc1[nH]nc(CCc2ncnn2CCO)c1C. The maximum Gasteiger partial charge on any atom is 0.138 e. The van der Waals surface area contributed by atoms with Crippen molar-refractivity contribution >= 4 is 0 Å². The van der Waals surface area contributed by atoms with E-state index in [0.29, 0.717) is 6.54 Å². The van der Waals surface area contributed by atoms with Gasteiger partial charge in [0.2, 0.25) is 0 Å². The van der Waals surface area contributed by atoms with Crippen LogP contribution in [0.3, 0.4) is 0 Å². The van der Waals surface area contributed by atoms with Crippen LogP contribution in [0.25, 0.3) is 0 Å². The highest BCUT2D eigenvalue weighted by Crippen LogP contribution is 2.10. The van der Waals surface area contributed by atoms with Crippen LogP contribution in [0.2, 0.25) is 0 Å². The second kappa shape index (κ2) is 5.09. The van der Waals surface area contributed by atoms with Crippen molar-refractivity contribution in [1.82, 2.24) is 25.0 Å². The summed E-state index contributed by atoms with van der Waals surface area (Å²) in [4.78, 5) is 4.19. The van der Waals surface area contributed by atoms with E-state index in [0.717, 1.165) is 30.1 Å². The molecule has 0 aromatic carbocycles. The van der Waals surface area contributed by atoms with Crippen molar-refractivity contribution in [3.05, 3.63) is 29.1 Å². The van der Waals surface area contributed by atoms with Gasteiger partial charge in [-0.25, -0.2) is 9.67 Å². The van der Waals surface area contributed by atoms with Crippen LogP contribution in [0.4, 0.5) is 0 Å². The van der Waals surface area contributed by atoms with E-state index in [9.17, 15) is 0 Å². The number of aliphatic hydroxyl groups is 1. The summed E-state index contributed by atoms with van der Waals surface area (Å²) in [5.74, 6) is 0.888. The lowest BCUT2D eigenvalue weighted by Gasteiger charge is -2.03. The summed E-state index contributed by atoms with van der Waals surface area (Å²) in [5.41, 5.74) is 3.39. The third-order valence-corrected chi connectivity index (χ3v) is 2.95. The number of H-pyrrole nitrogens is 1. The Bertz CT molecular complexity index is 488. The molecule has 0 radical (unpaired) electrons. The first-order valence-electron chi connectivity index (χ1n) is 5.70. The molecule has 6 nitrogen and oxygen atoms in total. The van der Waals surface area contributed by atoms with Crippen molar-refractivity contribution in [2.45, 2.75) is 33.2 Å². The Morgan fingerprint density at radius 1 is 1.35 bits per heavy atom. The van der Waals surface area contributed by atoms with Gasteiger partial charge >= 0.3 is 0 Å². The molecule has 2 heterocycles. The molecule has 2 rings (SSSR count). The zero-order chi connectivity index (χ0) is 12.3. The van der Waals surface area contributed by atoms with E-state index in [1.54, 1.807) is 4.68 Å². The third-order valence-electron chi connectivity index (χ3n) is 2.95. The molecule has 17 heavy (non-hydrogen) atoms. The van der Waals surface area contributed by atoms with Gasteiger partial charge in [-0.1, -0.05) is 0 Å². The number of aromatic nitrogens is 5. The lowest BCUT2D eigenvalue weighted by Crippen LogP contribution is -2.10. The molecule has 0 fully saturated rings. The van der Waals surface area contributed by atoms with Gasteiger partial charge in [-0.15, -0.1) is 0 Å². The number of aromatic amines is 1. The second-order valence-corrected chi connectivity index (χ2v) is 4.04. The molecule has 0 amide bonds. The Balaban J connectivity index is 2.02. The summed E-state index contributed by atoms with van der Waals surface area (Å²) in [6.07, 6.45) is 3.14. The molecule has 0 atom stereocenters. The second-order valence-electron chi connectivity index (χ2n) is 4.04. The van der Waals surface area contributed by atoms with E-state index in [4.69, 9.17) is 5.11 Å². The highest BCUT2D eigenvalue weighted by Gasteiger charge is 2.08. The Morgan fingerprint density at radius 2 is 2.18 bits per heavy atom. The Hall–Kier alpha value is -1.69. The highest BCUT2D eigenvalue weighted by atomic mass is 16.3. The maximum absolute atomic E-state index is 8.89. The van der Waals surface area contributed by atoms with Crippen LogP contribution in [0.1, 0.15) is 22.8 Å². The molecule has 0 aliphatic heterocycles. The normalized spacial score (nSPS) is 11.0. The number of rotatable bonds is 5. The average Bonchev–Trinajstić information content (AvgIpc) is 2.87. The molecule has 0 aliphatic rings. The first kappa shape index (κ1) is 11.8. The van der Waals surface area contributed by atoms with Crippen molar-refractivity contribution in [2.24, 2.45) is 0 Å². The monoisotopic (exact) mass is 235 g/mol. The molecule has 2 aromatic rings. The minimum absolute atomic E-state index is 0.0803. The van der Waals surface area contributed by atoms with Gasteiger partial charge in [-0.2, -0.15) is 10.2 Å². The van der Waals surface area contributed by atoms with Gasteiger partial charge < -0.3 is 5.11 Å².